The molecule has 0 aliphatic rings. The summed E-state index contributed by atoms with van der Waals surface area (Å²) in [6.07, 6.45) is 1.19. The number of hydrogen-bond acceptors (Lipinski definition) is 4. The fourth-order valence-corrected chi connectivity index (χ4v) is 1.67. The van der Waals surface area contributed by atoms with E-state index in [0.29, 0.717) is 23.9 Å². The van der Waals surface area contributed by atoms with E-state index < -0.39 is 12.6 Å². The summed E-state index contributed by atoms with van der Waals surface area (Å²) >= 11 is 0. The fourth-order valence-electron chi connectivity index (χ4n) is 1.67. The van der Waals surface area contributed by atoms with Crippen molar-refractivity contribution in [2.75, 3.05) is 18.5 Å². The summed E-state index contributed by atoms with van der Waals surface area (Å²) in [6.45, 7) is 4.51. The van der Waals surface area contributed by atoms with E-state index in [1.54, 1.807) is 24.3 Å². The number of ether oxygens (including phenoxy) is 1. The Balaban J connectivity index is 2.38. The Bertz CT molecular complexity index is 474. The molecule has 3 N–H and O–H groups in total. The van der Waals surface area contributed by atoms with Crippen LogP contribution in [0.4, 0.5) is 5.69 Å². The Hall–Kier alpha value is -2.08. The van der Waals surface area contributed by atoms with Crippen LogP contribution in [0.1, 0.15) is 26.7 Å². The lowest BCUT2D eigenvalue weighted by Crippen LogP contribution is -2.24. The molecular weight excluding hydrogens is 272 g/mol. The van der Waals surface area contributed by atoms with E-state index in [2.05, 4.69) is 24.5 Å². The van der Waals surface area contributed by atoms with E-state index in [0.717, 1.165) is 13.0 Å². The molecule has 6 nitrogen and oxygen atoms in total. The molecule has 0 saturated heterocycles. The molecule has 6 heteroatoms. The topological polar surface area (TPSA) is 87.7 Å². The van der Waals surface area contributed by atoms with Gasteiger partial charge in [-0.25, -0.2) is 4.79 Å². The number of carboxylic acids is 1. The smallest absolute Gasteiger partial charge is 0.341 e. The van der Waals surface area contributed by atoms with Crippen molar-refractivity contribution >= 4 is 17.6 Å². The number of rotatable bonds is 9. The van der Waals surface area contributed by atoms with Crippen LogP contribution in [0.3, 0.4) is 0 Å². The van der Waals surface area contributed by atoms with Crippen LogP contribution < -0.4 is 15.4 Å². The molecule has 0 aliphatic carbocycles. The number of carbonyl (C=O) groups is 2. The maximum atomic E-state index is 11.8. The zero-order chi connectivity index (χ0) is 15.7. The summed E-state index contributed by atoms with van der Waals surface area (Å²) in [5.41, 5.74) is 0.597. The second-order valence-electron chi connectivity index (χ2n) is 4.97. The van der Waals surface area contributed by atoms with Gasteiger partial charge in [-0.2, -0.15) is 0 Å². The van der Waals surface area contributed by atoms with E-state index in [1.807, 2.05) is 0 Å². The van der Waals surface area contributed by atoms with Gasteiger partial charge in [0.15, 0.2) is 6.61 Å². The highest BCUT2D eigenvalue weighted by Crippen LogP contribution is 2.17. The molecule has 0 fully saturated rings. The molecule has 0 bridgehead atoms. The highest BCUT2D eigenvalue weighted by Gasteiger charge is 2.05. The first-order chi connectivity index (χ1) is 9.97. The van der Waals surface area contributed by atoms with Gasteiger partial charge in [0.25, 0.3) is 0 Å². The van der Waals surface area contributed by atoms with Crippen molar-refractivity contribution in [2.45, 2.75) is 32.7 Å². The summed E-state index contributed by atoms with van der Waals surface area (Å²) in [4.78, 5) is 22.2. The average Bonchev–Trinajstić information content (AvgIpc) is 2.41. The van der Waals surface area contributed by atoms with Crippen LogP contribution in [0.5, 0.6) is 5.75 Å². The van der Waals surface area contributed by atoms with E-state index >= 15 is 0 Å². The molecule has 116 valence electrons. The van der Waals surface area contributed by atoms with Crippen molar-refractivity contribution in [1.82, 2.24) is 5.32 Å². The number of nitrogens with one attached hydrogen (secondary N) is 2. The minimum absolute atomic E-state index is 0.0732. The maximum absolute atomic E-state index is 11.8. The summed E-state index contributed by atoms with van der Waals surface area (Å²) < 4.78 is 5.05. The summed E-state index contributed by atoms with van der Waals surface area (Å²) in [5.74, 6) is -0.699. The van der Waals surface area contributed by atoms with Gasteiger partial charge in [-0.1, -0.05) is 19.9 Å². The lowest BCUT2D eigenvalue weighted by atomic mass is 10.2. The number of hydrogen-bond donors (Lipinski definition) is 3. The molecule has 1 aromatic rings. The van der Waals surface area contributed by atoms with Crippen LogP contribution in [0.25, 0.3) is 0 Å². The largest absolute Gasteiger partial charge is 0.482 e. The molecule has 0 atom stereocenters. The van der Waals surface area contributed by atoms with E-state index in [-0.39, 0.29) is 5.91 Å². The summed E-state index contributed by atoms with van der Waals surface area (Å²) in [5, 5.41) is 14.6. The lowest BCUT2D eigenvalue weighted by Gasteiger charge is -2.09. The molecule has 0 saturated carbocycles. The van der Waals surface area contributed by atoms with Crippen molar-refractivity contribution in [3.63, 3.8) is 0 Å². The second-order valence-corrected chi connectivity index (χ2v) is 4.97. The van der Waals surface area contributed by atoms with Crippen LogP contribution in [0, 0.1) is 0 Å². The lowest BCUT2D eigenvalue weighted by molar-refractivity contribution is -0.139. The van der Waals surface area contributed by atoms with Crippen LogP contribution in [0.15, 0.2) is 24.3 Å². The van der Waals surface area contributed by atoms with Gasteiger partial charge in [0.1, 0.15) is 5.75 Å². The molecular formula is C15H22N2O4. The minimum Gasteiger partial charge on any atom is -0.482 e. The molecule has 1 aromatic carbocycles. The Morgan fingerprint density at radius 2 is 2.10 bits per heavy atom. The molecule has 0 unspecified atom stereocenters. The zero-order valence-electron chi connectivity index (χ0n) is 12.4. The number of amides is 1. The Morgan fingerprint density at radius 1 is 1.33 bits per heavy atom. The number of aliphatic carboxylic acids is 1. The third-order valence-corrected chi connectivity index (χ3v) is 2.61. The minimum atomic E-state index is -1.04. The number of carboxylic acid groups (broad SMARTS) is 1. The number of carbonyl (C=O) groups excluding carboxylic acids is 1. The van der Waals surface area contributed by atoms with Crippen LogP contribution in [-0.4, -0.2) is 36.2 Å². The molecule has 0 heterocycles. The van der Waals surface area contributed by atoms with Crippen LogP contribution in [0.2, 0.25) is 0 Å². The fraction of sp³-hybridized carbons (Fsp3) is 0.467. The van der Waals surface area contributed by atoms with Gasteiger partial charge in [-0.15, -0.1) is 0 Å². The second kappa shape index (κ2) is 8.97. The van der Waals surface area contributed by atoms with Gasteiger partial charge in [-0.3, -0.25) is 4.79 Å². The highest BCUT2D eigenvalue weighted by atomic mass is 16.5. The summed E-state index contributed by atoms with van der Waals surface area (Å²) in [7, 11) is 0. The van der Waals surface area contributed by atoms with Crippen molar-refractivity contribution < 1.29 is 19.4 Å². The Labute approximate surface area is 124 Å². The standard InChI is InChI=1S/C15H22N2O4/c1-11(2)16-8-4-7-14(18)17-12-5-3-6-13(9-12)21-10-15(19)20/h3,5-6,9,11,16H,4,7-8,10H2,1-2H3,(H,17,18)(H,19,20). The molecule has 1 rings (SSSR count). The van der Waals surface area contributed by atoms with Crippen molar-refractivity contribution in [3.8, 4) is 5.75 Å². The van der Waals surface area contributed by atoms with Gasteiger partial charge in [-0.05, 0) is 25.1 Å². The Morgan fingerprint density at radius 3 is 2.76 bits per heavy atom. The van der Waals surface area contributed by atoms with Gasteiger partial charge in [0.05, 0.1) is 0 Å². The SMILES string of the molecule is CC(C)NCCCC(=O)Nc1cccc(OCC(=O)O)c1. The first kappa shape index (κ1) is 17.0. The zero-order valence-corrected chi connectivity index (χ0v) is 12.4. The quantitative estimate of drug-likeness (QED) is 0.605. The highest BCUT2D eigenvalue weighted by molar-refractivity contribution is 5.90. The van der Waals surface area contributed by atoms with Crippen LogP contribution >= 0.6 is 0 Å². The van der Waals surface area contributed by atoms with E-state index in [4.69, 9.17) is 9.84 Å². The van der Waals surface area contributed by atoms with E-state index in [1.165, 1.54) is 0 Å². The van der Waals surface area contributed by atoms with Crippen molar-refractivity contribution in [1.29, 1.82) is 0 Å². The van der Waals surface area contributed by atoms with Gasteiger partial charge in [0, 0.05) is 24.2 Å². The molecule has 0 aliphatic heterocycles. The first-order valence-corrected chi connectivity index (χ1v) is 6.95. The van der Waals surface area contributed by atoms with Gasteiger partial charge < -0.3 is 20.5 Å². The molecule has 1 amide bonds. The average molecular weight is 294 g/mol. The molecule has 0 radical (unpaired) electrons. The monoisotopic (exact) mass is 294 g/mol. The van der Waals surface area contributed by atoms with Gasteiger partial charge >= 0.3 is 5.97 Å². The van der Waals surface area contributed by atoms with E-state index in [9.17, 15) is 9.59 Å². The first-order valence-electron chi connectivity index (χ1n) is 6.95. The number of benzene rings is 1. The third kappa shape index (κ3) is 7.94. The molecule has 21 heavy (non-hydrogen) atoms. The van der Waals surface area contributed by atoms with Crippen molar-refractivity contribution in [2.24, 2.45) is 0 Å². The number of anilines is 1. The summed E-state index contributed by atoms with van der Waals surface area (Å²) in [6, 6.07) is 7.10. The van der Waals surface area contributed by atoms with Crippen molar-refractivity contribution in [3.05, 3.63) is 24.3 Å². The predicted octanol–water partition coefficient (Wildman–Crippen LogP) is 1.87. The Kier molecular flexibility index (Phi) is 7.25. The van der Waals surface area contributed by atoms with Gasteiger partial charge in [0.2, 0.25) is 5.91 Å². The molecule has 0 spiro atoms. The molecule has 0 aromatic heterocycles. The third-order valence-electron chi connectivity index (χ3n) is 2.61. The predicted molar refractivity (Wildman–Crippen MR) is 80.6 cm³/mol. The van der Waals surface area contributed by atoms with Crippen LogP contribution in [-0.2, 0) is 9.59 Å². The normalized spacial score (nSPS) is 10.4. The maximum Gasteiger partial charge on any atom is 0.341 e.